The smallest absolute Gasteiger partial charge is 0.258 e. The summed E-state index contributed by atoms with van der Waals surface area (Å²) in [5.74, 6) is 1.57. The Morgan fingerprint density at radius 1 is 1.07 bits per heavy atom. The van der Waals surface area contributed by atoms with Crippen molar-refractivity contribution in [2.45, 2.75) is 51.9 Å². The molecule has 5 nitrogen and oxygen atoms in total. The Bertz CT molecular complexity index is 997. The third-order valence-electron chi connectivity index (χ3n) is 5.85. The van der Waals surface area contributed by atoms with Crippen molar-refractivity contribution in [3.05, 3.63) is 83.8 Å². The van der Waals surface area contributed by atoms with Gasteiger partial charge in [-0.25, -0.2) is 0 Å². The fraction of sp³-hybridized carbons (Fsp3) is 0.320. The van der Waals surface area contributed by atoms with Crippen LogP contribution in [0, 0.1) is 0 Å². The Balaban J connectivity index is 1.76. The monoisotopic (exact) mass is 404 g/mol. The van der Waals surface area contributed by atoms with E-state index in [-0.39, 0.29) is 12.0 Å². The van der Waals surface area contributed by atoms with Gasteiger partial charge in [0.1, 0.15) is 17.2 Å². The number of anilines is 1. The molecule has 3 aromatic rings. The third-order valence-corrected chi connectivity index (χ3v) is 5.85. The van der Waals surface area contributed by atoms with Gasteiger partial charge in [-0.05, 0) is 61.7 Å². The van der Waals surface area contributed by atoms with Crippen LogP contribution in [0.15, 0.2) is 71.3 Å². The Morgan fingerprint density at radius 2 is 1.83 bits per heavy atom. The molecule has 0 saturated carbocycles. The van der Waals surface area contributed by atoms with Crippen LogP contribution in [-0.2, 0) is 12.2 Å². The molecular weight excluding hydrogens is 376 g/mol. The van der Waals surface area contributed by atoms with E-state index in [0.29, 0.717) is 18.5 Å². The lowest BCUT2D eigenvalue weighted by Gasteiger charge is -2.48. The summed E-state index contributed by atoms with van der Waals surface area (Å²) in [7, 11) is 0. The molecule has 30 heavy (non-hydrogen) atoms. The van der Waals surface area contributed by atoms with Gasteiger partial charge in [0.2, 0.25) is 0 Å². The Hall–Kier alpha value is -3.21. The molecule has 2 aromatic carbocycles. The topological polar surface area (TPSA) is 54.7 Å². The molecule has 0 bridgehead atoms. The molecule has 1 aliphatic heterocycles. The van der Waals surface area contributed by atoms with Crippen LogP contribution in [0.2, 0.25) is 0 Å². The highest BCUT2D eigenvalue weighted by atomic mass is 16.5. The molecule has 5 heteroatoms. The summed E-state index contributed by atoms with van der Waals surface area (Å²) in [5, 5.41) is 3.66. The first-order chi connectivity index (χ1) is 14.6. The highest BCUT2D eigenvalue weighted by molar-refractivity contribution is 6.02. The molecular formula is C25H28N2O3. The van der Waals surface area contributed by atoms with Gasteiger partial charge in [0.05, 0.1) is 24.5 Å². The molecule has 156 valence electrons. The first-order valence-electron chi connectivity index (χ1n) is 10.6. The van der Waals surface area contributed by atoms with E-state index in [1.165, 1.54) is 0 Å². The molecule has 4 rings (SSSR count). The van der Waals surface area contributed by atoms with Crippen molar-refractivity contribution in [3.63, 3.8) is 0 Å². The number of furan rings is 1. The molecule has 0 saturated heterocycles. The van der Waals surface area contributed by atoms with Gasteiger partial charge in [-0.15, -0.1) is 0 Å². The maximum Gasteiger partial charge on any atom is 0.258 e. The van der Waals surface area contributed by atoms with E-state index < -0.39 is 5.66 Å². The van der Waals surface area contributed by atoms with Crippen LogP contribution in [0.25, 0.3) is 0 Å². The minimum absolute atomic E-state index is 0.0115. The van der Waals surface area contributed by atoms with Crippen LogP contribution < -0.4 is 10.1 Å². The maximum atomic E-state index is 13.6. The van der Waals surface area contributed by atoms with Gasteiger partial charge >= 0.3 is 0 Å². The van der Waals surface area contributed by atoms with Crippen LogP contribution in [0.3, 0.4) is 0 Å². The average Bonchev–Trinajstić information content (AvgIpc) is 3.29. The number of amides is 1. The molecule has 0 aliphatic carbocycles. The van der Waals surface area contributed by atoms with E-state index in [4.69, 9.17) is 9.15 Å². The van der Waals surface area contributed by atoms with Crippen molar-refractivity contribution < 1.29 is 13.9 Å². The summed E-state index contributed by atoms with van der Waals surface area (Å²) < 4.78 is 11.5. The number of rotatable bonds is 7. The van der Waals surface area contributed by atoms with E-state index in [0.717, 1.165) is 29.2 Å². The minimum Gasteiger partial charge on any atom is -0.491 e. The van der Waals surface area contributed by atoms with Crippen molar-refractivity contribution in [1.29, 1.82) is 0 Å². The van der Waals surface area contributed by atoms with E-state index in [1.54, 1.807) is 6.26 Å². The van der Waals surface area contributed by atoms with Crippen LogP contribution in [0.1, 0.15) is 55.3 Å². The van der Waals surface area contributed by atoms with Crippen LogP contribution in [0.4, 0.5) is 5.69 Å². The summed E-state index contributed by atoms with van der Waals surface area (Å²) in [4.78, 5) is 15.4. The summed E-state index contributed by atoms with van der Waals surface area (Å²) in [5.41, 5.74) is 1.84. The van der Waals surface area contributed by atoms with Gasteiger partial charge < -0.3 is 19.4 Å². The normalized spacial score (nSPS) is 19.2. The molecule has 2 heterocycles. The standard InChI is InChI=1S/C25H28N2O3/c1-4-18(3)30-20-14-12-19(13-15-20)25(5-2)26-23-11-7-6-10-22(23)24(28)27(25)17-21-9-8-16-29-21/h6-16,18,26H,4-5,17H2,1-3H3. The lowest BCUT2D eigenvalue weighted by Crippen LogP contribution is -2.56. The number of carbonyl (C=O) groups excluding carboxylic acids is 1. The zero-order chi connectivity index (χ0) is 21.1. The van der Waals surface area contributed by atoms with Crippen LogP contribution in [-0.4, -0.2) is 16.9 Å². The minimum atomic E-state index is -0.687. The average molecular weight is 405 g/mol. The zero-order valence-corrected chi connectivity index (χ0v) is 17.7. The fourth-order valence-corrected chi connectivity index (χ4v) is 3.99. The molecule has 2 unspecified atom stereocenters. The number of benzene rings is 2. The van der Waals surface area contributed by atoms with E-state index in [9.17, 15) is 4.79 Å². The van der Waals surface area contributed by atoms with Gasteiger partial charge in [0.25, 0.3) is 5.91 Å². The number of hydrogen-bond donors (Lipinski definition) is 1. The molecule has 1 aromatic heterocycles. The Morgan fingerprint density at radius 3 is 2.50 bits per heavy atom. The highest BCUT2D eigenvalue weighted by Gasteiger charge is 2.45. The Kier molecular flexibility index (Phi) is 5.53. The SMILES string of the molecule is CCC(C)Oc1ccc(C2(CC)Nc3ccccc3C(=O)N2Cc2ccco2)cc1. The second-order valence-electron chi connectivity index (χ2n) is 7.72. The number of ether oxygens (including phenoxy) is 1. The predicted molar refractivity (Wildman–Crippen MR) is 117 cm³/mol. The summed E-state index contributed by atoms with van der Waals surface area (Å²) >= 11 is 0. The van der Waals surface area contributed by atoms with Gasteiger partial charge in [0, 0.05) is 5.69 Å². The second kappa shape index (κ2) is 8.27. The van der Waals surface area contributed by atoms with Crippen molar-refractivity contribution in [3.8, 4) is 5.75 Å². The van der Waals surface area contributed by atoms with E-state index in [2.05, 4.69) is 26.1 Å². The molecule has 0 radical (unpaired) electrons. The number of para-hydroxylation sites is 1. The maximum absolute atomic E-state index is 13.6. The first kappa shape index (κ1) is 20.1. The van der Waals surface area contributed by atoms with Gasteiger partial charge in [-0.1, -0.05) is 38.1 Å². The summed E-state index contributed by atoms with van der Waals surface area (Å²) in [6, 6.07) is 19.5. The largest absolute Gasteiger partial charge is 0.491 e. The van der Waals surface area contributed by atoms with Crippen LogP contribution >= 0.6 is 0 Å². The lowest BCUT2D eigenvalue weighted by molar-refractivity contribution is 0.0430. The number of fused-ring (bicyclic) bond motifs is 1. The first-order valence-corrected chi connectivity index (χ1v) is 10.6. The van der Waals surface area contributed by atoms with Crippen molar-refractivity contribution in [2.75, 3.05) is 5.32 Å². The number of nitrogens with one attached hydrogen (secondary N) is 1. The lowest BCUT2D eigenvalue weighted by atomic mass is 9.89. The molecule has 1 amide bonds. The number of nitrogens with zero attached hydrogens (tertiary/aromatic N) is 1. The predicted octanol–water partition coefficient (Wildman–Crippen LogP) is 5.79. The van der Waals surface area contributed by atoms with E-state index >= 15 is 0 Å². The van der Waals surface area contributed by atoms with Crippen molar-refractivity contribution in [2.24, 2.45) is 0 Å². The highest BCUT2D eigenvalue weighted by Crippen LogP contribution is 2.41. The summed E-state index contributed by atoms with van der Waals surface area (Å²) in [6.07, 6.45) is 3.44. The van der Waals surface area contributed by atoms with Gasteiger partial charge in [-0.3, -0.25) is 4.79 Å². The third kappa shape index (κ3) is 3.56. The number of carbonyl (C=O) groups is 1. The quantitative estimate of drug-likeness (QED) is 0.542. The summed E-state index contributed by atoms with van der Waals surface area (Å²) in [6.45, 7) is 6.64. The Labute approximate surface area is 177 Å². The van der Waals surface area contributed by atoms with Crippen molar-refractivity contribution in [1.82, 2.24) is 4.90 Å². The fourth-order valence-electron chi connectivity index (χ4n) is 3.99. The molecule has 2 atom stereocenters. The van der Waals surface area contributed by atoms with Crippen molar-refractivity contribution >= 4 is 11.6 Å². The van der Waals surface area contributed by atoms with E-state index in [1.807, 2.05) is 65.6 Å². The van der Waals surface area contributed by atoms with Crippen LogP contribution in [0.5, 0.6) is 5.75 Å². The van der Waals surface area contributed by atoms with Gasteiger partial charge in [-0.2, -0.15) is 0 Å². The molecule has 1 N–H and O–H groups in total. The zero-order valence-electron chi connectivity index (χ0n) is 17.7. The molecule has 1 aliphatic rings. The second-order valence-corrected chi connectivity index (χ2v) is 7.72. The molecule has 0 fully saturated rings. The molecule has 0 spiro atoms. The van der Waals surface area contributed by atoms with Gasteiger partial charge in [0.15, 0.2) is 0 Å². The number of hydrogen-bond acceptors (Lipinski definition) is 4.